The van der Waals surface area contributed by atoms with Crippen LogP contribution in [0.1, 0.15) is 69.8 Å². The average Bonchev–Trinajstić information content (AvgIpc) is 3.79. The molecule has 1 amide bonds. The summed E-state index contributed by atoms with van der Waals surface area (Å²) in [7, 11) is 5.46. The van der Waals surface area contributed by atoms with Crippen molar-refractivity contribution in [1.82, 2.24) is 35.4 Å². The highest BCUT2D eigenvalue weighted by molar-refractivity contribution is 6.33. The molecule has 4 aliphatic rings. The van der Waals surface area contributed by atoms with Crippen LogP contribution in [0.25, 0.3) is 33.1 Å². The first-order valence-corrected chi connectivity index (χ1v) is 19.2. The van der Waals surface area contributed by atoms with Crippen molar-refractivity contribution < 1.29 is 28.5 Å². The lowest BCUT2D eigenvalue weighted by molar-refractivity contribution is 0.0133. The Morgan fingerprint density at radius 2 is 1.92 bits per heavy atom. The molecule has 2 saturated heterocycles. The van der Waals surface area contributed by atoms with Gasteiger partial charge < -0.3 is 34.4 Å². The van der Waals surface area contributed by atoms with Gasteiger partial charge in [0.05, 0.1) is 31.5 Å². The Hall–Kier alpha value is -4.01. The summed E-state index contributed by atoms with van der Waals surface area (Å²) >= 11 is 6.60. The van der Waals surface area contributed by atoms with E-state index < -0.39 is 11.9 Å². The lowest BCUT2D eigenvalue weighted by Gasteiger charge is -2.44. The fraction of sp³-hybridized carbons (Fsp3) is 0.605. The number of ether oxygens (including phenoxy) is 3. The number of H-pyrrole nitrogens is 1. The first-order valence-electron chi connectivity index (χ1n) is 18.8. The van der Waals surface area contributed by atoms with Crippen LogP contribution in [0.3, 0.4) is 0 Å². The summed E-state index contributed by atoms with van der Waals surface area (Å²) in [6.07, 6.45) is 12.3. The quantitative estimate of drug-likeness (QED) is 0.162. The second-order valence-corrected chi connectivity index (χ2v) is 15.5. The number of aromatic amines is 1. The zero-order chi connectivity index (χ0) is 37.3. The first kappa shape index (κ1) is 37.3. The van der Waals surface area contributed by atoms with Gasteiger partial charge in [0.25, 0.3) is 0 Å². The van der Waals surface area contributed by atoms with Gasteiger partial charge in [-0.2, -0.15) is 15.1 Å². The molecule has 3 atom stereocenters. The molecule has 15 heteroatoms. The number of piperidine rings is 2. The van der Waals surface area contributed by atoms with E-state index in [-0.39, 0.29) is 34.4 Å². The summed E-state index contributed by atoms with van der Waals surface area (Å²) < 4.78 is 34.4. The number of hydrogen-bond donors (Lipinski definition) is 3. The molecule has 3 unspecified atom stereocenters. The van der Waals surface area contributed by atoms with Gasteiger partial charge in [-0.05, 0) is 95.9 Å². The number of nitrogens with one attached hydrogen (secondary N) is 2. The van der Waals surface area contributed by atoms with Gasteiger partial charge in [0, 0.05) is 54.2 Å². The zero-order valence-electron chi connectivity index (χ0n) is 31.0. The summed E-state index contributed by atoms with van der Waals surface area (Å²) in [4.78, 5) is 30.1. The number of amides is 1. The number of rotatable bonds is 9. The molecule has 0 bridgehead atoms. The number of methoxy groups -OCH3 is 2. The molecule has 1 aromatic carbocycles. The number of carbonyl (C=O) groups is 1. The SMILES string of the molecule is COC1CCC1.COc1nc(-c2c(C)c(Cl)cc3[nH]ncc23)c(F)c2nc(OCC34CCCC3N(C)CCC4)nc(N3CCCC(CNC(=O)O)C3)c12. The number of halogens is 2. The Morgan fingerprint density at radius 1 is 1.11 bits per heavy atom. The van der Waals surface area contributed by atoms with E-state index in [0.29, 0.717) is 76.6 Å². The van der Waals surface area contributed by atoms with Gasteiger partial charge in [-0.1, -0.05) is 18.0 Å². The molecular weight excluding hydrogens is 703 g/mol. The molecule has 4 aromatic rings. The summed E-state index contributed by atoms with van der Waals surface area (Å²) in [5.74, 6) is 0.0229. The summed E-state index contributed by atoms with van der Waals surface area (Å²) in [5, 5.41) is 20.3. The second-order valence-electron chi connectivity index (χ2n) is 15.1. The predicted molar refractivity (Wildman–Crippen MR) is 202 cm³/mol. The molecule has 2 aliphatic heterocycles. The molecule has 3 aromatic heterocycles. The number of aromatic nitrogens is 5. The Labute approximate surface area is 313 Å². The number of pyridine rings is 1. The minimum atomic E-state index is -1.06. The molecule has 3 N–H and O–H groups in total. The standard InChI is InChI=1S/C33H40ClFN8O4.C5H10O/c1-18-21(34)13-22-20(15-37-41-22)24(18)27-26(35)28-25(30(38-27)46-3)29(43-12-5-7-19(16-43)14-36-32(44)45)40-31(39-28)47-17-33-9-4-8-23(33)42(2)11-6-10-33;1-6-5-3-2-4-5/h13,15,19,23,36H,4-12,14,16-17H2,1-3H3,(H,37,41)(H,44,45);5H,2-4H2,1H3. The van der Waals surface area contributed by atoms with E-state index in [1.54, 1.807) is 19.4 Å². The van der Waals surface area contributed by atoms with Crippen LogP contribution in [-0.4, -0.2) is 107 Å². The molecule has 4 fully saturated rings. The van der Waals surface area contributed by atoms with E-state index in [2.05, 4.69) is 27.5 Å². The summed E-state index contributed by atoms with van der Waals surface area (Å²) in [6, 6.07) is 2.28. The third kappa shape index (κ3) is 7.42. The van der Waals surface area contributed by atoms with Crippen LogP contribution >= 0.6 is 11.6 Å². The number of likely N-dealkylation sites (tertiary alicyclic amines) is 1. The minimum Gasteiger partial charge on any atom is -0.480 e. The second kappa shape index (κ2) is 15.8. The molecule has 13 nitrogen and oxygen atoms in total. The summed E-state index contributed by atoms with van der Waals surface area (Å²) in [5.41, 5.74) is 1.88. The summed E-state index contributed by atoms with van der Waals surface area (Å²) in [6.45, 7) is 4.79. The number of hydrogen-bond acceptors (Lipinski definition) is 10. The van der Waals surface area contributed by atoms with Gasteiger partial charge >= 0.3 is 12.1 Å². The van der Waals surface area contributed by atoms with Gasteiger partial charge in [0.2, 0.25) is 5.88 Å². The highest BCUT2D eigenvalue weighted by atomic mass is 35.5. The zero-order valence-corrected chi connectivity index (χ0v) is 31.8. The molecule has 0 spiro atoms. The Bertz CT molecular complexity index is 1960. The van der Waals surface area contributed by atoms with E-state index in [9.17, 15) is 9.90 Å². The van der Waals surface area contributed by atoms with E-state index in [4.69, 9.17) is 40.8 Å². The Kier molecular flexibility index (Phi) is 11.1. The third-order valence-electron chi connectivity index (χ3n) is 11.9. The fourth-order valence-electron chi connectivity index (χ4n) is 8.82. The Balaban J connectivity index is 0.000000661. The molecular formula is C38H50ClFN8O5. The number of fused-ring (bicyclic) bond motifs is 3. The maximum Gasteiger partial charge on any atom is 0.404 e. The Morgan fingerprint density at radius 3 is 2.64 bits per heavy atom. The van der Waals surface area contributed by atoms with Gasteiger partial charge in [-0.25, -0.2) is 14.2 Å². The molecule has 53 heavy (non-hydrogen) atoms. The molecule has 5 heterocycles. The van der Waals surface area contributed by atoms with E-state index >= 15 is 4.39 Å². The number of benzene rings is 1. The molecule has 2 saturated carbocycles. The molecule has 8 rings (SSSR count). The largest absolute Gasteiger partial charge is 0.480 e. The van der Waals surface area contributed by atoms with Crippen LogP contribution in [0.5, 0.6) is 11.9 Å². The van der Waals surface area contributed by atoms with E-state index in [1.807, 2.05) is 11.8 Å². The van der Waals surface area contributed by atoms with E-state index in [1.165, 1.54) is 26.4 Å². The smallest absolute Gasteiger partial charge is 0.404 e. The van der Waals surface area contributed by atoms with Gasteiger partial charge in [-0.15, -0.1) is 0 Å². The predicted octanol–water partition coefficient (Wildman–Crippen LogP) is 6.99. The lowest BCUT2D eigenvalue weighted by atomic mass is 9.76. The fourth-order valence-corrected chi connectivity index (χ4v) is 9.03. The van der Waals surface area contributed by atoms with Crippen molar-refractivity contribution >= 4 is 45.3 Å². The highest BCUT2D eigenvalue weighted by Gasteiger charge is 2.47. The lowest BCUT2D eigenvalue weighted by Crippen LogP contribution is -2.50. The van der Waals surface area contributed by atoms with Crippen LogP contribution in [0.15, 0.2) is 12.3 Å². The van der Waals surface area contributed by atoms with Crippen molar-refractivity contribution in [3.8, 4) is 23.1 Å². The van der Waals surface area contributed by atoms with Gasteiger partial charge in [-0.3, -0.25) is 5.10 Å². The molecule has 2 aliphatic carbocycles. The number of carboxylic acid groups (broad SMARTS) is 1. The van der Waals surface area contributed by atoms with Crippen molar-refractivity contribution in [2.24, 2.45) is 11.3 Å². The average molecular weight is 753 g/mol. The van der Waals surface area contributed by atoms with Gasteiger partial charge in [0.1, 0.15) is 22.4 Å². The van der Waals surface area contributed by atoms with E-state index in [0.717, 1.165) is 51.5 Å². The topological polar surface area (TPSA) is 151 Å². The van der Waals surface area contributed by atoms with Crippen molar-refractivity contribution in [1.29, 1.82) is 0 Å². The first-order chi connectivity index (χ1) is 25.6. The van der Waals surface area contributed by atoms with Gasteiger partial charge in [0.15, 0.2) is 5.82 Å². The van der Waals surface area contributed by atoms with Crippen molar-refractivity contribution in [3.05, 3.63) is 28.7 Å². The van der Waals surface area contributed by atoms with Crippen LogP contribution < -0.4 is 19.7 Å². The highest BCUT2D eigenvalue weighted by Crippen LogP contribution is 2.48. The third-order valence-corrected chi connectivity index (χ3v) is 12.3. The van der Waals surface area contributed by atoms with Crippen LogP contribution in [0, 0.1) is 24.1 Å². The molecule has 0 radical (unpaired) electrons. The van der Waals surface area contributed by atoms with Crippen LogP contribution in [-0.2, 0) is 4.74 Å². The maximum absolute atomic E-state index is 17.1. The molecule has 286 valence electrons. The monoisotopic (exact) mass is 752 g/mol. The minimum absolute atomic E-state index is 0.00533. The normalized spacial score (nSPS) is 23.3. The number of anilines is 1. The van der Waals surface area contributed by atoms with Crippen molar-refractivity contribution in [2.45, 2.75) is 83.3 Å². The van der Waals surface area contributed by atoms with Crippen LogP contribution in [0.2, 0.25) is 5.02 Å². The van der Waals surface area contributed by atoms with Crippen molar-refractivity contribution in [2.75, 3.05) is 59.0 Å². The maximum atomic E-state index is 17.1. The number of nitrogens with zero attached hydrogens (tertiary/aromatic N) is 6. The van der Waals surface area contributed by atoms with Crippen LogP contribution in [0.4, 0.5) is 15.0 Å². The van der Waals surface area contributed by atoms with Crippen molar-refractivity contribution in [3.63, 3.8) is 0 Å².